The van der Waals surface area contributed by atoms with Gasteiger partial charge < -0.3 is 0 Å². The summed E-state index contributed by atoms with van der Waals surface area (Å²) in [6.45, 7) is 3.77. The molecule has 2 amide bonds. The van der Waals surface area contributed by atoms with Crippen LogP contribution in [0, 0.1) is 16.0 Å². The number of carbonyl (C=O) groups excluding carboxylic acids is 2. The van der Waals surface area contributed by atoms with Crippen LogP contribution in [0.15, 0.2) is 29.2 Å². The zero-order valence-electron chi connectivity index (χ0n) is 13.0. The molecule has 0 bridgehead atoms. The molecule has 1 aromatic rings. The van der Waals surface area contributed by atoms with E-state index in [0.717, 1.165) is 16.8 Å². The van der Waals surface area contributed by atoms with E-state index in [4.69, 9.17) is 12.2 Å². The van der Waals surface area contributed by atoms with Gasteiger partial charge in [0, 0.05) is 12.5 Å². The summed E-state index contributed by atoms with van der Waals surface area (Å²) in [4.78, 5) is 35.0. The minimum atomic E-state index is -0.517. The van der Waals surface area contributed by atoms with Crippen LogP contribution in [0.2, 0.25) is 0 Å². The van der Waals surface area contributed by atoms with E-state index in [1.54, 1.807) is 18.2 Å². The first-order valence-corrected chi connectivity index (χ1v) is 8.33. The number of rotatable bonds is 5. The second-order valence-corrected chi connectivity index (χ2v) is 7.14. The number of nitrogens with one attached hydrogen (secondary N) is 1. The molecule has 0 aromatic heterocycles. The number of amides is 2. The van der Waals surface area contributed by atoms with Crippen LogP contribution in [-0.4, -0.2) is 26.1 Å². The molecule has 2 rings (SSSR count). The summed E-state index contributed by atoms with van der Waals surface area (Å²) in [5.41, 5.74) is 2.67. The topological polar surface area (TPSA) is 92.6 Å². The largest absolute Gasteiger partial charge is 0.285 e. The highest BCUT2D eigenvalue weighted by Crippen LogP contribution is 2.33. The molecule has 1 saturated heterocycles. The van der Waals surface area contributed by atoms with Gasteiger partial charge in [-0.25, -0.2) is 0 Å². The van der Waals surface area contributed by atoms with E-state index in [2.05, 4.69) is 5.43 Å². The Hall–Kier alpha value is -2.26. The second kappa shape index (κ2) is 7.54. The van der Waals surface area contributed by atoms with Gasteiger partial charge in [0.25, 0.3) is 11.6 Å². The van der Waals surface area contributed by atoms with Crippen molar-refractivity contribution in [3.8, 4) is 0 Å². The van der Waals surface area contributed by atoms with Gasteiger partial charge in [0.2, 0.25) is 5.91 Å². The van der Waals surface area contributed by atoms with Crippen molar-refractivity contribution in [1.29, 1.82) is 0 Å². The SMILES string of the molecule is CC(C)CC(=O)NN1C(=O)/C(=C/c2ccccc2[N+](=O)[O-])SC1=S. The molecule has 9 heteroatoms. The van der Waals surface area contributed by atoms with E-state index in [1.807, 2.05) is 13.8 Å². The van der Waals surface area contributed by atoms with Gasteiger partial charge in [0.05, 0.1) is 15.4 Å². The van der Waals surface area contributed by atoms with Gasteiger partial charge >= 0.3 is 0 Å². The highest BCUT2D eigenvalue weighted by Gasteiger charge is 2.34. The third-order valence-corrected chi connectivity index (χ3v) is 4.35. The molecule has 7 nitrogen and oxygen atoms in total. The molecule has 0 aliphatic carbocycles. The van der Waals surface area contributed by atoms with Crippen molar-refractivity contribution in [2.45, 2.75) is 20.3 Å². The molecule has 0 atom stereocenters. The lowest BCUT2D eigenvalue weighted by atomic mass is 10.1. The number of benzene rings is 1. The molecule has 0 unspecified atom stereocenters. The average Bonchev–Trinajstić information content (AvgIpc) is 2.74. The van der Waals surface area contributed by atoms with E-state index in [0.29, 0.717) is 5.56 Å². The molecular weight excluding hydrogens is 350 g/mol. The van der Waals surface area contributed by atoms with E-state index < -0.39 is 10.8 Å². The van der Waals surface area contributed by atoms with Crippen LogP contribution in [0.4, 0.5) is 5.69 Å². The molecule has 0 radical (unpaired) electrons. The lowest BCUT2D eigenvalue weighted by Gasteiger charge is -2.16. The number of thiocarbonyl (C=S) groups is 1. The van der Waals surface area contributed by atoms with Gasteiger partial charge in [0.15, 0.2) is 4.32 Å². The normalized spacial score (nSPS) is 16.1. The fourth-order valence-electron chi connectivity index (χ4n) is 2.02. The van der Waals surface area contributed by atoms with E-state index >= 15 is 0 Å². The van der Waals surface area contributed by atoms with Crippen molar-refractivity contribution >= 4 is 51.9 Å². The Bertz CT molecular complexity index is 746. The number of hydrogen-bond donors (Lipinski definition) is 1. The van der Waals surface area contributed by atoms with E-state index in [1.165, 1.54) is 12.1 Å². The van der Waals surface area contributed by atoms with Crippen LogP contribution in [0.3, 0.4) is 0 Å². The van der Waals surface area contributed by atoms with Crippen LogP contribution in [0.1, 0.15) is 25.8 Å². The lowest BCUT2D eigenvalue weighted by Crippen LogP contribution is -2.45. The van der Waals surface area contributed by atoms with Crippen molar-refractivity contribution in [2.24, 2.45) is 5.92 Å². The summed E-state index contributed by atoms with van der Waals surface area (Å²) in [6, 6.07) is 6.09. The predicted molar refractivity (Wildman–Crippen MR) is 95.7 cm³/mol. The Morgan fingerprint density at radius 3 is 2.75 bits per heavy atom. The number of thioether (sulfide) groups is 1. The number of nitro groups is 1. The van der Waals surface area contributed by atoms with Crippen molar-refractivity contribution in [3.63, 3.8) is 0 Å². The van der Waals surface area contributed by atoms with Gasteiger partial charge in [-0.05, 0) is 30.3 Å². The Labute approximate surface area is 148 Å². The number of hydrazine groups is 1. The van der Waals surface area contributed by atoms with Gasteiger partial charge in [0.1, 0.15) is 0 Å². The number of nitrogens with zero attached hydrogens (tertiary/aromatic N) is 2. The quantitative estimate of drug-likeness (QED) is 0.373. The summed E-state index contributed by atoms with van der Waals surface area (Å²) in [6.07, 6.45) is 1.67. The highest BCUT2D eigenvalue weighted by atomic mass is 32.2. The lowest BCUT2D eigenvalue weighted by molar-refractivity contribution is -0.385. The molecule has 1 aromatic carbocycles. The second-order valence-electron chi connectivity index (χ2n) is 5.47. The average molecular weight is 365 g/mol. The Morgan fingerprint density at radius 2 is 2.12 bits per heavy atom. The minimum Gasteiger partial charge on any atom is -0.273 e. The molecule has 126 valence electrons. The Morgan fingerprint density at radius 1 is 1.46 bits per heavy atom. The smallest absolute Gasteiger partial charge is 0.273 e. The van der Waals surface area contributed by atoms with Gasteiger partial charge in [-0.15, -0.1) is 0 Å². The summed E-state index contributed by atoms with van der Waals surface area (Å²) in [7, 11) is 0. The third kappa shape index (κ3) is 4.18. The fourth-order valence-corrected chi connectivity index (χ4v) is 3.19. The maximum Gasteiger partial charge on any atom is 0.285 e. The van der Waals surface area contributed by atoms with Crippen LogP contribution < -0.4 is 5.43 Å². The van der Waals surface area contributed by atoms with Gasteiger partial charge in [-0.1, -0.05) is 37.7 Å². The summed E-state index contributed by atoms with van der Waals surface area (Å²) in [5, 5.41) is 12.1. The van der Waals surface area contributed by atoms with Crippen LogP contribution in [0.25, 0.3) is 6.08 Å². The highest BCUT2D eigenvalue weighted by molar-refractivity contribution is 8.26. The zero-order valence-corrected chi connectivity index (χ0v) is 14.6. The number of para-hydroxylation sites is 1. The maximum absolute atomic E-state index is 12.4. The number of nitro benzene ring substituents is 1. The van der Waals surface area contributed by atoms with Crippen LogP contribution in [0.5, 0.6) is 0 Å². The number of carbonyl (C=O) groups is 2. The maximum atomic E-state index is 12.4. The molecule has 24 heavy (non-hydrogen) atoms. The third-order valence-electron chi connectivity index (χ3n) is 3.04. The first-order chi connectivity index (χ1) is 11.3. The summed E-state index contributed by atoms with van der Waals surface area (Å²) >= 11 is 6.10. The first kappa shape index (κ1) is 18.1. The Kier molecular flexibility index (Phi) is 5.68. The number of hydrogen-bond acceptors (Lipinski definition) is 6. The van der Waals surface area contributed by atoms with E-state index in [-0.39, 0.29) is 33.2 Å². The van der Waals surface area contributed by atoms with Crippen LogP contribution >= 0.6 is 24.0 Å². The van der Waals surface area contributed by atoms with Crippen molar-refractivity contribution in [1.82, 2.24) is 10.4 Å². The molecule has 0 spiro atoms. The van der Waals surface area contributed by atoms with Crippen molar-refractivity contribution in [3.05, 3.63) is 44.8 Å². The Balaban J connectivity index is 2.23. The molecule has 1 fully saturated rings. The minimum absolute atomic E-state index is 0.105. The van der Waals surface area contributed by atoms with Crippen molar-refractivity contribution < 1.29 is 14.5 Å². The molecule has 1 heterocycles. The van der Waals surface area contributed by atoms with Crippen LogP contribution in [-0.2, 0) is 9.59 Å². The molecule has 1 N–H and O–H groups in total. The van der Waals surface area contributed by atoms with Gasteiger partial charge in [-0.2, -0.15) is 5.01 Å². The molecule has 1 aliphatic heterocycles. The predicted octanol–water partition coefficient (Wildman–Crippen LogP) is 2.87. The summed E-state index contributed by atoms with van der Waals surface area (Å²) < 4.78 is 0.182. The summed E-state index contributed by atoms with van der Waals surface area (Å²) in [5.74, 6) is -0.667. The molecular formula is C15H15N3O4S2. The van der Waals surface area contributed by atoms with E-state index in [9.17, 15) is 19.7 Å². The van der Waals surface area contributed by atoms with Crippen molar-refractivity contribution in [2.75, 3.05) is 0 Å². The monoisotopic (exact) mass is 365 g/mol. The first-order valence-electron chi connectivity index (χ1n) is 7.10. The van der Waals surface area contributed by atoms with Gasteiger partial charge in [-0.3, -0.25) is 25.1 Å². The molecule has 0 saturated carbocycles. The fraction of sp³-hybridized carbons (Fsp3) is 0.267. The standard InChI is InChI=1S/C15H15N3O4S2/c1-9(2)7-13(19)16-17-14(20)12(24-15(17)23)8-10-5-3-4-6-11(10)18(21)22/h3-6,8-9H,7H2,1-2H3,(H,16,19)/b12-8-. The zero-order chi connectivity index (χ0) is 17.9. The molecule has 1 aliphatic rings.